The van der Waals surface area contributed by atoms with Gasteiger partial charge in [0.05, 0.1) is 17.8 Å². The lowest BCUT2D eigenvalue weighted by atomic mass is 9.76. The number of nitrogens with one attached hydrogen (secondary N) is 1. The van der Waals surface area contributed by atoms with Gasteiger partial charge in [-0.25, -0.2) is 4.39 Å². The summed E-state index contributed by atoms with van der Waals surface area (Å²) in [5.74, 6) is -0.480. The molecule has 3 rings (SSSR count). The Morgan fingerprint density at radius 1 is 1.23 bits per heavy atom. The van der Waals surface area contributed by atoms with Crippen LogP contribution >= 0.6 is 0 Å². The van der Waals surface area contributed by atoms with Crippen LogP contribution in [0.4, 0.5) is 4.39 Å². The Labute approximate surface area is 128 Å². The summed E-state index contributed by atoms with van der Waals surface area (Å²) >= 11 is 0. The minimum atomic E-state index is -0.375. The highest BCUT2D eigenvalue weighted by Gasteiger charge is 2.36. The SMILES string of the molecule is O=C(N[C@@H](c1ccccn1)C1CC(O)C1)c1ccc(F)cc1. The first-order chi connectivity index (χ1) is 10.6. The third-order valence-corrected chi connectivity index (χ3v) is 4.02. The summed E-state index contributed by atoms with van der Waals surface area (Å²) in [6.45, 7) is 0. The molecule has 1 aliphatic carbocycles. The predicted molar refractivity (Wildman–Crippen MR) is 79.6 cm³/mol. The summed E-state index contributed by atoms with van der Waals surface area (Å²) in [6.07, 6.45) is 2.66. The molecule has 1 aromatic carbocycles. The zero-order chi connectivity index (χ0) is 15.5. The second kappa shape index (κ2) is 6.23. The number of carbonyl (C=O) groups is 1. The highest BCUT2D eigenvalue weighted by molar-refractivity contribution is 5.94. The van der Waals surface area contributed by atoms with E-state index < -0.39 is 0 Å². The van der Waals surface area contributed by atoms with Gasteiger partial charge in [-0.05, 0) is 55.2 Å². The highest BCUT2D eigenvalue weighted by atomic mass is 19.1. The van der Waals surface area contributed by atoms with Gasteiger partial charge in [0, 0.05) is 11.8 Å². The number of aliphatic hydroxyl groups is 1. The number of amides is 1. The van der Waals surface area contributed by atoms with Crippen LogP contribution in [0, 0.1) is 11.7 Å². The minimum Gasteiger partial charge on any atom is -0.393 e. The van der Waals surface area contributed by atoms with Crippen LogP contribution in [0.5, 0.6) is 0 Å². The van der Waals surface area contributed by atoms with E-state index in [2.05, 4.69) is 10.3 Å². The molecular weight excluding hydrogens is 283 g/mol. The third-order valence-electron chi connectivity index (χ3n) is 4.02. The van der Waals surface area contributed by atoms with E-state index in [1.807, 2.05) is 18.2 Å². The van der Waals surface area contributed by atoms with E-state index in [0.717, 1.165) is 5.69 Å². The fourth-order valence-electron chi connectivity index (χ4n) is 2.72. The molecule has 1 fully saturated rings. The summed E-state index contributed by atoms with van der Waals surface area (Å²) < 4.78 is 12.9. The second-order valence-corrected chi connectivity index (χ2v) is 5.60. The van der Waals surface area contributed by atoms with E-state index >= 15 is 0 Å². The lowest BCUT2D eigenvalue weighted by molar-refractivity contribution is 0.0228. The van der Waals surface area contributed by atoms with E-state index in [4.69, 9.17) is 0 Å². The summed E-state index contributed by atoms with van der Waals surface area (Å²) in [4.78, 5) is 16.7. The second-order valence-electron chi connectivity index (χ2n) is 5.60. The number of carbonyl (C=O) groups excluding carboxylic acids is 1. The van der Waals surface area contributed by atoms with Gasteiger partial charge in [0.2, 0.25) is 0 Å². The van der Waals surface area contributed by atoms with Gasteiger partial charge < -0.3 is 10.4 Å². The van der Waals surface area contributed by atoms with E-state index in [9.17, 15) is 14.3 Å². The Balaban J connectivity index is 1.78. The molecule has 1 aromatic heterocycles. The molecule has 0 unspecified atom stereocenters. The molecule has 1 aliphatic rings. The number of benzene rings is 1. The molecule has 1 saturated carbocycles. The minimum absolute atomic E-state index is 0.161. The normalized spacial score (nSPS) is 21.7. The van der Waals surface area contributed by atoms with Gasteiger partial charge in [0.1, 0.15) is 5.82 Å². The molecule has 4 nitrogen and oxygen atoms in total. The molecule has 1 amide bonds. The number of hydrogen-bond acceptors (Lipinski definition) is 3. The predicted octanol–water partition coefficient (Wildman–Crippen LogP) is 2.46. The molecule has 1 atom stereocenters. The van der Waals surface area contributed by atoms with E-state index in [1.54, 1.807) is 6.20 Å². The number of halogens is 1. The Bertz CT molecular complexity index is 639. The number of pyridine rings is 1. The van der Waals surface area contributed by atoms with Gasteiger partial charge in [-0.2, -0.15) is 0 Å². The topological polar surface area (TPSA) is 62.2 Å². The average molecular weight is 300 g/mol. The first kappa shape index (κ1) is 14.7. The molecule has 114 valence electrons. The van der Waals surface area contributed by atoms with Crippen molar-refractivity contribution in [3.8, 4) is 0 Å². The summed E-state index contributed by atoms with van der Waals surface area (Å²) in [5, 5.41) is 12.5. The number of hydrogen-bond donors (Lipinski definition) is 2. The van der Waals surface area contributed by atoms with Crippen LogP contribution in [-0.2, 0) is 0 Å². The largest absolute Gasteiger partial charge is 0.393 e. The maximum atomic E-state index is 12.9. The van der Waals surface area contributed by atoms with Crippen molar-refractivity contribution < 1.29 is 14.3 Å². The molecule has 2 N–H and O–H groups in total. The molecule has 0 spiro atoms. The molecule has 0 radical (unpaired) electrons. The Morgan fingerprint density at radius 3 is 2.55 bits per heavy atom. The molecule has 0 aliphatic heterocycles. The van der Waals surface area contributed by atoms with E-state index in [1.165, 1.54) is 24.3 Å². The van der Waals surface area contributed by atoms with Crippen LogP contribution in [0.2, 0.25) is 0 Å². The molecule has 5 heteroatoms. The highest BCUT2D eigenvalue weighted by Crippen LogP contribution is 2.37. The van der Waals surface area contributed by atoms with Crippen LogP contribution in [0.15, 0.2) is 48.7 Å². The molecule has 1 heterocycles. The van der Waals surface area contributed by atoms with Crippen LogP contribution < -0.4 is 5.32 Å². The van der Waals surface area contributed by atoms with Crippen molar-refractivity contribution in [3.63, 3.8) is 0 Å². The van der Waals surface area contributed by atoms with Crippen molar-refractivity contribution in [1.82, 2.24) is 10.3 Å². The number of rotatable bonds is 4. The van der Waals surface area contributed by atoms with Crippen molar-refractivity contribution in [3.05, 3.63) is 65.7 Å². The first-order valence-electron chi connectivity index (χ1n) is 7.29. The smallest absolute Gasteiger partial charge is 0.251 e. The summed E-state index contributed by atoms with van der Waals surface area (Å²) in [6, 6.07) is 10.7. The van der Waals surface area contributed by atoms with Crippen LogP contribution in [-0.4, -0.2) is 22.1 Å². The Morgan fingerprint density at radius 2 is 1.95 bits per heavy atom. The van der Waals surface area contributed by atoms with Gasteiger partial charge in [0.15, 0.2) is 0 Å². The first-order valence-corrected chi connectivity index (χ1v) is 7.29. The van der Waals surface area contributed by atoms with Gasteiger partial charge in [0.25, 0.3) is 5.91 Å². The van der Waals surface area contributed by atoms with Crippen LogP contribution in [0.25, 0.3) is 0 Å². The van der Waals surface area contributed by atoms with Crippen LogP contribution in [0.1, 0.15) is 34.9 Å². The molecule has 0 bridgehead atoms. The molecule has 2 aromatic rings. The third kappa shape index (κ3) is 3.14. The number of aromatic nitrogens is 1. The van der Waals surface area contributed by atoms with Crippen molar-refractivity contribution in [2.75, 3.05) is 0 Å². The lowest BCUT2D eigenvalue weighted by Gasteiger charge is -2.37. The monoisotopic (exact) mass is 300 g/mol. The number of aliphatic hydroxyl groups excluding tert-OH is 1. The maximum Gasteiger partial charge on any atom is 0.251 e. The fourth-order valence-corrected chi connectivity index (χ4v) is 2.72. The molecule has 22 heavy (non-hydrogen) atoms. The lowest BCUT2D eigenvalue weighted by Crippen LogP contribution is -2.41. The standard InChI is InChI=1S/C17H17FN2O2/c18-13-6-4-11(5-7-13)17(22)20-16(12-9-14(21)10-12)15-3-1-2-8-19-15/h1-8,12,14,16,21H,9-10H2,(H,20,22)/t12?,14?,16-/m1/s1. The van der Waals surface area contributed by atoms with Crippen molar-refractivity contribution in [2.24, 2.45) is 5.92 Å². The maximum absolute atomic E-state index is 12.9. The molecule has 0 saturated heterocycles. The van der Waals surface area contributed by atoms with Crippen molar-refractivity contribution in [1.29, 1.82) is 0 Å². The number of nitrogens with zero attached hydrogens (tertiary/aromatic N) is 1. The summed E-state index contributed by atoms with van der Waals surface area (Å²) in [7, 11) is 0. The Hall–Kier alpha value is -2.27. The van der Waals surface area contributed by atoms with Crippen molar-refractivity contribution >= 4 is 5.91 Å². The average Bonchev–Trinajstić information content (AvgIpc) is 2.51. The van der Waals surface area contributed by atoms with Gasteiger partial charge in [-0.1, -0.05) is 6.07 Å². The zero-order valence-corrected chi connectivity index (χ0v) is 11.9. The van der Waals surface area contributed by atoms with Gasteiger partial charge >= 0.3 is 0 Å². The summed E-state index contributed by atoms with van der Waals surface area (Å²) in [5.41, 5.74) is 1.18. The Kier molecular flexibility index (Phi) is 4.15. The van der Waals surface area contributed by atoms with Gasteiger partial charge in [-0.15, -0.1) is 0 Å². The fraction of sp³-hybridized carbons (Fsp3) is 0.294. The van der Waals surface area contributed by atoms with E-state index in [0.29, 0.717) is 18.4 Å². The van der Waals surface area contributed by atoms with E-state index in [-0.39, 0.29) is 29.8 Å². The molecular formula is C17H17FN2O2. The quantitative estimate of drug-likeness (QED) is 0.912. The zero-order valence-electron chi connectivity index (χ0n) is 11.9. The van der Waals surface area contributed by atoms with Crippen molar-refractivity contribution in [2.45, 2.75) is 25.0 Å². The van der Waals surface area contributed by atoms with Crippen LogP contribution in [0.3, 0.4) is 0 Å². The van der Waals surface area contributed by atoms with Gasteiger partial charge in [-0.3, -0.25) is 9.78 Å².